The van der Waals surface area contributed by atoms with Crippen molar-refractivity contribution in [3.05, 3.63) is 0 Å². The zero-order valence-corrected chi connectivity index (χ0v) is 18.2. The lowest BCUT2D eigenvalue weighted by Gasteiger charge is -2.31. The Morgan fingerprint density at radius 1 is 1.24 bits per heavy atom. The summed E-state index contributed by atoms with van der Waals surface area (Å²) in [6.45, 7) is 7.34. The van der Waals surface area contributed by atoms with Crippen molar-refractivity contribution in [2.75, 3.05) is 60.2 Å². The number of guanidine groups is 1. The quantitative estimate of drug-likeness (QED) is 0.219. The molecule has 0 radical (unpaired) electrons. The molecule has 1 unspecified atom stereocenters. The first-order chi connectivity index (χ1) is 11.7. The van der Waals surface area contributed by atoms with Gasteiger partial charge in [-0.3, -0.25) is 9.79 Å². The van der Waals surface area contributed by atoms with Crippen LogP contribution in [0.3, 0.4) is 0 Å². The van der Waals surface area contributed by atoms with Crippen molar-refractivity contribution in [2.24, 2.45) is 10.9 Å². The normalized spacial score (nSPS) is 17.8. The third kappa shape index (κ3) is 11.6. The van der Waals surface area contributed by atoms with Gasteiger partial charge in [-0.05, 0) is 25.2 Å². The number of methoxy groups -OCH3 is 1. The third-order valence-corrected chi connectivity index (χ3v) is 4.05. The van der Waals surface area contributed by atoms with Crippen LogP contribution in [0.5, 0.6) is 0 Å². The van der Waals surface area contributed by atoms with E-state index < -0.39 is 0 Å². The summed E-state index contributed by atoms with van der Waals surface area (Å²) in [5, 5.41) is 6.42. The first-order valence-corrected chi connectivity index (χ1v) is 8.96. The van der Waals surface area contributed by atoms with Crippen LogP contribution in [0.25, 0.3) is 0 Å². The Balaban J connectivity index is 0.00000576. The first-order valence-electron chi connectivity index (χ1n) is 8.96. The van der Waals surface area contributed by atoms with Gasteiger partial charge in [-0.25, -0.2) is 0 Å². The molecule has 148 valence electrons. The van der Waals surface area contributed by atoms with Gasteiger partial charge in [0, 0.05) is 53.4 Å². The predicted octanol–water partition coefficient (Wildman–Crippen LogP) is 1.47. The first kappa shape index (κ1) is 24.4. The number of carbonyl (C=O) groups is 1. The van der Waals surface area contributed by atoms with Gasteiger partial charge in [0.2, 0.25) is 5.91 Å². The van der Waals surface area contributed by atoms with Gasteiger partial charge >= 0.3 is 0 Å². The van der Waals surface area contributed by atoms with Crippen molar-refractivity contribution in [2.45, 2.75) is 32.6 Å². The highest BCUT2D eigenvalue weighted by Crippen LogP contribution is 2.15. The number of carbonyl (C=O) groups excluding carboxylic acids is 1. The standard InChI is InChI=1S/C17H34N4O3.HI/c1-15-6-4-10-21(14-15)16(22)7-9-20-17(18-2)19-8-5-11-24-13-12-23-3;/h15H,4-14H2,1-3H3,(H2,18,19,20);1H. The van der Waals surface area contributed by atoms with Gasteiger partial charge in [-0.2, -0.15) is 0 Å². The molecule has 8 heteroatoms. The van der Waals surface area contributed by atoms with Gasteiger partial charge in [0.25, 0.3) is 0 Å². The minimum absolute atomic E-state index is 0. The Hall–Kier alpha value is -0.610. The van der Waals surface area contributed by atoms with Crippen molar-refractivity contribution in [3.8, 4) is 0 Å². The second-order valence-electron chi connectivity index (χ2n) is 6.22. The van der Waals surface area contributed by atoms with E-state index in [1.54, 1.807) is 14.2 Å². The molecule has 0 aromatic rings. The molecule has 0 bridgehead atoms. The number of hydrogen-bond donors (Lipinski definition) is 2. The molecule has 1 amide bonds. The average molecular weight is 470 g/mol. The van der Waals surface area contributed by atoms with Gasteiger partial charge in [0.15, 0.2) is 5.96 Å². The maximum atomic E-state index is 12.2. The molecule has 0 aromatic heterocycles. The number of piperidine rings is 1. The summed E-state index contributed by atoms with van der Waals surface area (Å²) in [5.41, 5.74) is 0. The van der Waals surface area contributed by atoms with E-state index in [0.717, 1.165) is 38.4 Å². The zero-order chi connectivity index (χ0) is 17.6. The number of amides is 1. The Kier molecular flexibility index (Phi) is 15.2. The minimum Gasteiger partial charge on any atom is -0.382 e. The summed E-state index contributed by atoms with van der Waals surface area (Å²) in [5.74, 6) is 1.58. The Labute approximate surface area is 169 Å². The van der Waals surface area contributed by atoms with E-state index in [0.29, 0.717) is 38.7 Å². The Morgan fingerprint density at radius 2 is 2.00 bits per heavy atom. The van der Waals surface area contributed by atoms with Crippen molar-refractivity contribution in [1.82, 2.24) is 15.5 Å². The van der Waals surface area contributed by atoms with Crippen molar-refractivity contribution in [3.63, 3.8) is 0 Å². The van der Waals surface area contributed by atoms with E-state index >= 15 is 0 Å². The van der Waals surface area contributed by atoms with Crippen molar-refractivity contribution < 1.29 is 14.3 Å². The summed E-state index contributed by atoms with van der Waals surface area (Å²) in [6, 6.07) is 0. The summed E-state index contributed by atoms with van der Waals surface area (Å²) < 4.78 is 10.3. The van der Waals surface area contributed by atoms with E-state index in [1.807, 2.05) is 4.90 Å². The molecule has 1 saturated heterocycles. The van der Waals surface area contributed by atoms with E-state index in [9.17, 15) is 4.79 Å². The molecular formula is C17H35IN4O3. The average Bonchev–Trinajstić information content (AvgIpc) is 2.59. The van der Waals surface area contributed by atoms with E-state index in [4.69, 9.17) is 9.47 Å². The number of halogens is 1. The third-order valence-electron chi connectivity index (χ3n) is 4.05. The van der Waals surface area contributed by atoms with Crippen LogP contribution in [-0.2, 0) is 14.3 Å². The number of hydrogen-bond acceptors (Lipinski definition) is 4. The lowest BCUT2D eigenvalue weighted by molar-refractivity contribution is -0.132. The number of nitrogens with one attached hydrogen (secondary N) is 2. The van der Waals surface area contributed by atoms with Crippen LogP contribution in [-0.4, -0.2) is 76.9 Å². The van der Waals surface area contributed by atoms with E-state index in [2.05, 4.69) is 22.5 Å². The second kappa shape index (κ2) is 15.6. The molecule has 0 aromatic carbocycles. The maximum absolute atomic E-state index is 12.2. The molecule has 7 nitrogen and oxygen atoms in total. The minimum atomic E-state index is 0. The lowest BCUT2D eigenvalue weighted by Crippen LogP contribution is -2.42. The molecule has 25 heavy (non-hydrogen) atoms. The van der Waals surface area contributed by atoms with Gasteiger partial charge in [0.1, 0.15) is 0 Å². The van der Waals surface area contributed by atoms with Crippen molar-refractivity contribution >= 4 is 35.8 Å². The van der Waals surface area contributed by atoms with E-state index in [1.165, 1.54) is 6.42 Å². The Morgan fingerprint density at radius 3 is 2.68 bits per heavy atom. The molecule has 1 aliphatic heterocycles. The molecule has 1 fully saturated rings. The molecule has 1 rings (SSSR count). The number of nitrogens with zero attached hydrogens (tertiary/aromatic N) is 2. The topological polar surface area (TPSA) is 75.2 Å². The van der Waals surface area contributed by atoms with Gasteiger partial charge in [0.05, 0.1) is 13.2 Å². The zero-order valence-electron chi connectivity index (χ0n) is 15.9. The molecule has 2 N–H and O–H groups in total. The molecule has 0 spiro atoms. The highest BCUT2D eigenvalue weighted by Gasteiger charge is 2.20. The summed E-state index contributed by atoms with van der Waals surface area (Å²) in [6.07, 6.45) is 3.76. The smallest absolute Gasteiger partial charge is 0.224 e. The summed E-state index contributed by atoms with van der Waals surface area (Å²) >= 11 is 0. The monoisotopic (exact) mass is 470 g/mol. The van der Waals surface area contributed by atoms with Crippen LogP contribution in [0, 0.1) is 5.92 Å². The predicted molar refractivity (Wildman–Crippen MR) is 112 cm³/mol. The number of likely N-dealkylation sites (tertiary alicyclic amines) is 1. The SMILES string of the molecule is CN=C(NCCCOCCOC)NCCC(=O)N1CCCC(C)C1.I. The van der Waals surface area contributed by atoms with Crippen molar-refractivity contribution in [1.29, 1.82) is 0 Å². The molecule has 1 atom stereocenters. The maximum Gasteiger partial charge on any atom is 0.224 e. The highest BCUT2D eigenvalue weighted by molar-refractivity contribution is 14.0. The number of aliphatic imine (C=N–C) groups is 1. The molecular weight excluding hydrogens is 435 g/mol. The fourth-order valence-electron chi connectivity index (χ4n) is 2.71. The molecule has 1 heterocycles. The lowest BCUT2D eigenvalue weighted by atomic mass is 10.00. The highest BCUT2D eigenvalue weighted by atomic mass is 127. The van der Waals surface area contributed by atoms with Gasteiger partial charge < -0.3 is 25.0 Å². The van der Waals surface area contributed by atoms with Crippen LogP contribution in [0.15, 0.2) is 4.99 Å². The summed E-state index contributed by atoms with van der Waals surface area (Å²) in [7, 11) is 3.40. The van der Waals surface area contributed by atoms with Crippen LogP contribution in [0.4, 0.5) is 0 Å². The van der Waals surface area contributed by atoms with Crippen LogP contribution in [0.2, 0.25) is 0 Å². The second-order valence-corrected chi connectivity index (χ2v) is 6.22. The Bertz CT molecular complexity index is 383. The van der Waals surface area contributed by atoms with Crippen LogP contribution < -0.4 is 10.6 Å². The molecule has 1 aliphatic rings. The number of ether oxygens (including phenoxy) is 2. The van der Waals surface area contributed by atoms with Gasteiger partial charge in [-0.1, -0.05) is 6.92 Å². The van der Waals surface area contributed by atoms with Gasteiger partial charge in [-0.15, -0.1) is 24.0 Å². The molecule has 0 aliphatic carbocycles. The number of rotatable bonds is 10. The van der Waals surface area contributed by atoms with E-state index in [-0.39, 0.29) is 29.9 Å². The largest absolute Gasteiger partial charge is 0.382 e. The van der Waals surface area contributed by atoms with Crippen LogP contribution >= 0.6 is 24.0 Å². The fraction of sp³-hybridized carbons (Fsp3) is 0.882. The fourth-order valence-corrected chi connectivity index (χ4v) is 2.71. The summed E-state index contributed by atoms with van der Waals surface area (Å²) in [4.78, 5) is 18.4. The van der Waals surface area contributed by atoms with Crippen LogP contribution in [0.1, 0.15) is 32.6 Å². The molecule has 0 saturated carbocycles.